The standard InChI is InChI=1S/C14H17F2N3/c1-9-11(8-19(3)18-9)7-17-10(2)13-6-12(15)4-5-14(13)16/h4-6,8,10,17H,7H2,1-3H3. The molecule has 1 aromatic heterocycles. The Bertz CT molecular complexity index is 578. The van der Waals surface area contributed by atoms with Crippen molar-refractivity contribution in [1.82, 2.24) is 15.1 Å². The molecule has 0 amide bonds. The SMILES string of the molecule is Cc1nn(C)cc1CNC(C)c1cc(F)ccc1F. The van der Waals surface area contributed by atoms with Gasteiger partial charge in [0.2, 0.25) is 0 Å². The van der Waals surface area contributed by atoms with Crippen molar-refractivity contribution in [3.05, 3.63) is 52.9 Å². The molecule has 0 aliphatic rings. The van der Waals surface area contributed by atoms with E-state index in [1.165, 1.54) is 6.07 Å². The molecule has 1 atom stereocenters. The van der Waals surface area contributed by atoms with Gasteiger partial charge in [-0.3, -0.25) is 4.68 Å². The van der Waals surface area contributed by atoms with Crippen LogP contribution in [0.1, 0.15) is 29.8 Å². The van der Waals surface area contributed by atoms with E-state index in [9.17, 15) is 8.78 Å². The van der Waals surface area contributed by atoms with E-state index in [1.54, 1.807) is 4.68 Å². The van der Waals surface area contributed by atoms with Crippen LogP contribution in [0, 0.1) is 18.6 Å². The van der Waals surface area contributed by atoms with Crippen LogP contribution in [-0.4, -0.2) is 9.78 Å². The Morgan fingerprint density at radius 1 is 1.37 bits per heavy atom. The van der Waals surface area contributed by atoms with Gasteiger partial charge in [-0.05, 0) is 32.0 Å². The summed E-state index contributed by atoms with van der Waals surface area (Å²) in [5.74, 6) is -0.827. The summed E-state index contributed by atoms with van der Waals surface area (Å²) < 4.78 is 28.5. The normalized spacial score (nSPS) is 12.7. The molecule has 2 rings (SSSR count). The van der Waals surface area contributed by atoms with E-state index in [2.05, 4.69) is 10.4 Å². The van der Waals surface area contributed by atoms with Crippen LogP contribution in [0.5, 0.6) is 0 Å². The zero-order valence-corrected chi connectivity index (χ0v) is 11.2. The molecule has 0 aliphatic heterocycles. The van der Waals surface area contributed by atoms with Crippen molar-refractivity contribution < 1.29 is 8.78 Å². The monoisotopic (exact) mass is 265 g/mol. The molecule has 19 heavy (non-hydrogen) atoms. The fourth-order valence-electron chi connectivity index (χ4n) is 2.04. The summed E-state index contributed by atoms with van der Waals surface area (Å²) in [5.41, 5.74) is 2.31. The Morgan fingerprint density at radius 3 is 2.74 bits per heavy atom. The Hall–Kier alpha value is -1.75. The minimum absolute atomic E-state index is 0.268. The lowest BCUT2D eigenvalue weighted by molar-refractivity contribution is 0.518. The maximum Gasteiger partial charge on any atom is 0.128 e. The molecular formula is C14H17F2N3. The Kier molecular flexibility index (Phi) is 3.95. The smallest absolute Gasteiger partial charge is 0.128 e. The summed E-state index contributed by atoms with van der Waals surface area (Å²) in [4.78, 5) is 0. The fraction of sp³-hybridized carbons (Fsp3) is 0.357. The molecule has 0 bridgehead atoms. The second-order valence-electron chi connectivity index (χ2n) is 4.68. The number of nitrogens with one attached hydrogen (secondary N) is 1. The van der Waals surface area contributed by atoms with Gasteiger partial charge in [0.1, 0.15) is 11.6 Å². The van der Waals surface area contributed by atoms with Crippen molar-refractivity contribution in [2.75, 3.05) is 0 Å². The third-order valence-electron chi connectivity index (χ3n) is 3.14. The van der Waals surface area contributed by atoms with Gasteiger partial charge >= 0.3 is 0 Å². The topological polar surface area (TPSA) is 29.9 Å². The molecular weight excluding hydrogens is 248 g/mol. The molecule has 0 spiro atoms. The number of rotatable bonds is 4. The Labute approximate surface area is 111 Å². The third-order valence-corrected chi connectivity index (χ3v) is 3.14. The zero-order chi connectivity index (χ0) is 14.0. The van der Waals surface area contributed by atoms with Crippen molar-refractivity contribution >= 4 is 0 Å². The van der Waals surface area contributed by atoms with Crippen LogP contribution < -0.4 is 5.32 Å². The number of hydrogen-bond acceptors (Lipinski definition) is 2. The largest absolute Gasteiger partial charge is 0.306 e. The second-order valence-corrected chi connectivity index (χ2v) is 4.68. The van der Waals surface area contributed by atoms with Crippen molar-refractivity contribution in [2.45, 2.75) is 26.4 Å². The molecule has 0 radical (unpaired) electrons. The van der Waals surface area contributed by atoms with Gasteiger partial charge in [0.15, 0.2) is 0 Å². The van der Waals surface area contributed by atoms with E-state index in [1.807, 2.05) is 27.1 Å². The molecule has 1 heterocycles. The average molecular weight is 265 g/mol. The maximum absolute atomic E-state index is 13.6. The van der Waals surface area contributed by atoms with Crippen LogP contribution in [0.4, 0.5) is 8.78 Å². The van der Waals surface area contributed by atoms with E-state index < -0.39 is 11.6 Å². The highest BCUT2D eigenvalue weighted by molar-refractivity contribution is 5.22. The highest BCUT2D eigenvalue weighted by atomic mass is 19.1. The van der Waals surface area contributed by atoms with Gasteiger partial charge in [-0.2, -0.15) is 5.10 Å². The lowest BCUT2D eigenvalue weighted by Crippen LogP contribution is -2.19. The minimum atomic E-state index is -0.428. The number of halogens is 2. The Balaban J connectivity index is 2.07. The molecule has 0 saturated carbocycles. The summed E-state index contributed by atoms with van der Waals surface area (Å²) >= 11 is 0. The summed E-state index contributed by atoms with van der Waals surface area (Å²) in [7, 11) is 1.85. The van der Waals surface area contributed by atoms with Crippen molar-refractivity contribution in [2.24, 2.45) is 7.05 Å². The van der Waals surface area contributed by atoms with Gasteiger partial charge in [0.25, 0.3) is 0 Å². The average Bonchev–Trinajstić information content (AvgIpc) is 2.68. The molecule has 3 nitrogen and oxygen atoms in total. The van der Waals surface area contributed by atoms with Crippen LogP contribution in [-0.2, 0) is 13.6 Å². The molecule has 1 unspecified atom stereocenters. The molecule has 2 aromatic rings. The van der Waals surface area contributed by atoms with E-state index in [0.717, 1.165) is 23.4 Å². The van der Waals surface area contributed by atoms with Crippen LogP contribution in [0.2, 0.25) is 0 Å². The van der Waals surface area contributed by atoms with Gasteiger partial charge in [-0.25, -0.2) is 8.78 Å². The van der Waals surface area contributed by atoms with Gasteiger partial charge < -0.3 is 5.32 Å². The predicted molar refractivity (Wildman–Crippen MR) is 69.6 cm³/mol. The van der Waals surface area contributed by atoms with E-state index >= 15 is 0 Å². The number of aromatic nitrogens is 2. The van der Waals surface area contributed by atoms with Gasteiger partial charge in [-0.1, -0.05) is 0 Å². The first-order valence-corrected chi connectivity index (χ1v) is 6.15. The van der Waals surface area contributed by atoms with Crippen LogP contribution >= 0.6 is 0 Å². The predicted octanol–water partition coefficient (Wildman–Crippen LogP) is 2.86. The lowest BCUT2D eigenvalue weighted by Gasteiger charge is -2.14. The molecule has 1 N–H and O–H groups in total. The first kappa shape index (κ1) is 13.7. The molecule has 0 saturated heterocycles. The van der Waals surface area contributed by atoms with Crippen molar-refractivity contribution in [1.29, 1.82) is 0 Å². The minimum Gasteiger partial charge on any atom is -0.306 e. The Morgan fingerprint density at radius 2 is 2.11 bits per heavy atom. The third kappa shape index (κ3) is 3.17. The van der Waals surface area contributed by atoms with Gasteiger partial charge in [-0.15, -0.1) is 0 Å². The van der Waals surface area contributed by atoms with Crippen molar-refractivity contribution in [3.63, 3.8) is 0 Å². The molecule has 1 aromatic carbocycles. The summed E-state index contributed by atoms with van der Waals surface area (Å²) in [6, 6.07) is 3.23. The van der Waals surface area contributed by atoms with Crippen LogP contribution in [0.15, 0.2) is 24.4 Å². The first-order valence-electron chi connectivity index (χ1n) is 6.15. The summed E-state index contributed by atoms with van der Waals surface area (Å²) in [6.07, 6.45) is 1.91. The number of aryl methyl sites for hydroxylation is 2. The zero-order valence-electron chi connectivity index (χ0n) is 11.2. The van der Waals surface area contributed by atoms with E-state index in [0.29, 0.717) is 12.1 Å². The van der Waals surface area contributed by atoms with E-state index in [4.69, 9.17) is 0 Å². The lowest BCUT2D eigenvalue weighted by atomic mass is 10.1. The van der Waals surface area contributed by atoms with Crippen LogP contribution in [0.3, 0.4) is 0 Å². The summed E-state index contributed by atoms with van der Waals surface area (Å²) in [5, 5.41) is 7.41. The molecule has 0 fully saturated rings. The highest BCUT2D eigenvalue weighted by Gasteiger charge is 2.12. The molecule has 0 aliphatic carbocycles. The van der Waals surface area contributed by atoms with Gasteiger partial charge in [0, 0.05) is 37.0 Å². The quantitative estimate of drug-likeness (QED) is 0.921. The molecule has 5 heteroatoms. The maximum atomic E-state index is 13.6. The first-order chi connectivity index (χ1) is 8.97. The molecule has 102 valence electrons. The number of benzene rings is 1. The highest BCUT2D eigenvalue weighted by Crippen LogP contribution is 2.18. The van der Waals surface area contributed by atoms with Crippen LogP contribution in [0.25, 0.3) is 0 Å². The van der Waals surface area contributed by atoms with Crippen molar-refractivity contribution in [3.8, 4) is 0 Å². The van der Waals surface area contributed by atoms with Gasteiger partial charge in [0.05, 0.1) is 5.69 Å². The second kappa shape index (κ2) is 5.48. The summed E-state index contributed by atoms with van der Waals surface area (Å²) in [6.45, 7) is 4.30. The number of hydrogen-bond donors (Lipinski definition) is 1. The van der Waals surface area contributed by atoms with E-state index in [-0.39, 0.29) is 6.04 Å². The number of nitrogens with zero attached hydrogens (tertiary/aromatic N) is 2. The fourth-order valence-corrected chi connectivity index (χ4v) is 2.04.